The van der Waals surface area contributed by atoms with Crippen molar-refractivity contribution in [2.45, 2.75) is 6.54 Å². The number of nitrogens with zero attached hydrogens (tertiary/aromatic N) is 4. The first-order valence-corrected chi connectivity index (χ1v) is 8.55. The summed E-state index contributed by atoms with van der Waals surface area (Å²) in [5.74, 6) is 0. The molecule has 4 aromatic rings. The third-order valence-corrected chi connectivity index (χ3v) is 4.08. The van der Waals surface area contributed by atoms with E-state index in [1.54, 1.807) is 0 Å². The Labute approximate surface area is 169 Å². The number of imidazole rings is 1. The fourth-order valence-corrected chi connectivity index (χ4v) is 2.74. The summed E-state index contributed by atoms with van der Waals surface area (Å²) in [4.78, 5) is 0. The van der Waals surface area contributed by atoms with Gasteiger partial charge in [0.15, 0.2) is 0 Å². The minimum absolute atomic E-state index is 0. The fraction of sp³-hybridized carbons (Fsp3) is 0.0455. The zero-order valence-corrected chi connectivity index (χ0v) is 16.3. The maximum Gasteiger partial charge on any atom is 0.249 e. The molecule has 0 saturated carbocycles. The van der Waals surface area contributed by atoms with Crippen molar-refractivity contribution in [2.24, 2.45) is 10.2 Å². The van der Waals surface area contributed by atoms with Crippen molar-refractivity contribution in [2.75, 3.05) is 0 Å². The Hall–Kier alpha value is -3.05. The van der Waals surface area contributed by atoms with E-state index in [2.05, 4.69) is 62.3 Å². The highest BCUT2D eigenvalue weighted by Gasteiger charge is 2.07. The highest BCUT2D eigenvalue weighted by atomic mass is 79.9. The van der Waals surface area contributed by atoms with Gasteiger partial charge in [-0.2, -0.15) is 10.2 Å². The van der Waals surface area contributed by atoms with Gasteiger partial charge in [0.1, 0.15) is 24.6 Å². The number of halogens is 1. The molecule has 0 N–H and O–H groups in total. The van der Waals surface area contributed by atoms with Crippen LogP contribution in [0.4, 0.5) is 11.4 Å². The molecule has 4 rings (SSSR count). The minimum Gasteiger partial charge on any atom is -1.00 e. The molecule has 3 aromatic carbocycles. The molecule has 27 heavy (non-hydrogen) atoms. The Morgan fingerprint density at radius 2 is 1.30 bits per heavy atom. The molecule has 0 radical (unpaired) electrons. The molecule has 0 saturated heterocycles. The Kier molecular flexibility index (Phi) is 6.28. The molecular formula is C22H19BrN4. The molecule has 4 nitrogen and oxygen atoms in total. The van der Waals surface area contributed by atoms with E-state index in [4.69, 9.17) is 0 Å². The number of hydrogen-bond donors (Lipinski definition) is 0. The maximum atomic E-state index is 4.28. The van der Waals surface area contributed by atoms with Crippen molar-refractivity contribution in [1.82, 2.24) is 4.57 Å². The predicted molar refractivity (Wildman–Crippen MR) is 102 cm³/mol. The first-order valence-electron chi connectivity index (χ1n) is 8.55. The molecule has 0 aliphatic heterocycles. The van der Waals surface area contributed by atoms with E-state index in [0.29, 0.717) is 0 Å². The van der Waals surface area contributed by atoms with Crippen LogP contribution in [0.1, 0.15) is 5.56 Å². The zero-order chi connectivity index (χ0) is 17.6. The highest BCUT2D eigenvalue weighted by Crippen LogP contribution is 2.19. The molecular weight excluding hydrogens is 400 g/mol. The molecule has 1 aromatic heterocycles. The van der Waals surface area contributed by atoms with Gasteiger partial charge in [-0.1, -0.05) is 48.5 Å². The third kappa shape index (κ3) is 4.99. The number of hydrogen-bond acceptors (Lipinski definition) is 2. The molecule has 1 heterocycles. The van der Waals surface area contributed by atoms with Crippen molar-refractivity contribution >= 4 is 11.4 Å². The summed E-state index contributed by atoms with van der Waals surface area (Å²) in [6.07, 6.45) is 6.23. The quantitative estimate of drug-likeness (QED) is 0.351. The van der Waals surface area contributed by atoms with E-state index >= 15 is 0 Å². The smallest absolute Gasteiger partial charge is 0.249 e. The second-order valence-corrected chi connectivity index (χ2v) is 6.03. The van der Waals surface area contributed by atoms with Crippen LogP contribution in [0.2, 0.25) is 0 Å². The first kappa shape index (κ1) is 18.7. The Morgan fingerprint density at radius 1 is 0.704 bits per heavy atom. The topological polar surface area (TPSA) is 33.5 Å². The SMILES string of the molecule is [Br-].c1ccc(C[n+]2ccn(-c3ccc(N=Nc4ccccc4)cc3)c2)cc1. The second-order valence-electron chi connectivity index (χ2n) is 6.03. The monoisotopic (exact) mass is 418 g/mol. The van der Waals surface area contributed by atoms with Gasteiger partial charge < -0.3 is 17.0 Å². The van der Waals surface area contributed by atoms with Crippen molar-refractivity contribution < 1.29 is 21.5 Å². The molecule has 0 aliphatic carbocycles. The van der Waals surface area contributed by atoms with Gasteiger partial charge in [-0.3, -0.25) is 0 Å². The van der Waals surface area contributed by atoms with E-state index in [-0.39, 0.29) is 17.0 Å². The first-order chi connectivity index (χ1) is 12.9. The van der Waals surface area contributed by atoms with Crippen LogP contribution in [0.5, 0.6) is 0 Å². The van der Waals surface area contributed by atoms with Crippen LogP contribution in [0.15, 0.2) is 114 Å². The number of azo groups is 1. The molecule has 0 aliphatic rings. The number of rotatable bonds is 5. The largest absolute Gasteiger partial charge is 1.00 e. The van der Waals surface area contributed by atoms with E-state index in [0.717, 1.165) is 23.6 Å². The van der Waals surface area contributed by atoms with Crippen LogP contribution < -0.4 is 21.5 Å². The van der Waals surface area contributed by atoms with Gasteiger partial charge in [0.05, 0.1) is 11.4 Å². The van der Waals surface area contributed by atoms with Crippen LogP contribution in [0.25, 0.3) is 5.69 Å². The predicted octanol–water partition coefficient (Wildman–Crippen LogP) is 2.23. The summed E-state index contributed by atoms with van der Waals surface area (Å²) < 4.78 is 4.26. The summed E-state index contributed by atoms with van der Waals surface area (Å²) in [6, 6.07) is 28.2. The highest BCUT2D eigenvalue weighted by molar-refractivity contribution is 5.45. The molecule has 0 spiro atoms. The van der Waals surface area contributed by atoms with Crippen molar-refractivity contribution in [3.63, 3.8) is 0 Å². The molecule has 0 fully saturated rings. The average Bonchev–Trinajstić information content (AvgIpc) is 3.17. The average molecular weight is 419 g/mol. The van der Waals surface area contributed by atoms with E-state index in [1.165, 1.54) is 5.56 Å². The van der Waals surface area contributed by atoms with Crippen molar-refractivity contribution in [1.29, 1.82) is 0 Å². The van der Waals surface area contributed by atoms with Crippen LogP contribution in [-0.2, 0) is 6.54 Å². The lowest BCUT2D eigenvalue weighted by molar-refractivity contribution is -0.687. The van der Waals surface area contributed by atoms with Crippen LogP contribution >= 0.6 is 0 Å². The van der Waals surface area contributed by atoms with Crippen LogP contribution in [0, 0.1) is 0 Å². The maximum absolute atomic E-state index is 4.28. The van der Waals surface area contributed by atoms with E-state index in [1.807, 2.05) is 60.7 Å². The van der Waals surface area contributed by atoms with Crippen LogP contribution in [0.3, 0.4) is 0 Å². The molecule has 0 atom stereocenters. The van der Waals surface area contributed by atoms with Crippen molar-refractivity contribution in [3.8, 4) is 5.69 Å². The minimum atomic E-state index is 0. The normalized spacial score (nSPS) is 10.7. The van der Waals surface area contributed by atoms with Gasteiger partial charge in [0.25, 0.3) is 0 Å². The Bertz CT molecular complexity index is 993. The van der Waals surface area contributed by atoms with Crippen LogP contribution in [-0.4, -0.2) is 4.57 Å². The van der Waals surface area contributed by atoms with Gasteiger partial charge in [0, 0.05) is 0 Å². The summed E-state index contributed by atoms with van der Waals surface area (Å²) >= 11 is 0. The third-order valence-electron chi connectivity index (χ3n) is 4.08. The Balaban J connectivity index is 0.00000210. The van der Waals surface area contributed by atoms with Gasteiger partial charge >= 0.3 is 0 Å². The second kappa shape index (κ2) is 9.05. The molecule has 5 heteroatoms. The fourth-order valence-electron chi connectivity index (χ4n) is 2.74. The molecule has 134 valence electrons. The Morgan fingerprint density at radius 3 is 1.96 bits per heavy atom. The number of aromatic nitrogens is 2. The number of benzene rings is 3. The lowest BCUT2D eigenvalue weighted by Crippen LogP contribution is -3.00. The lowest BCUT2D eigenvalue weighted by Gasteiger charge is -1.98. The molecule has 0 amide bonds. The summed E-state index contributed by atoms with van der Waals surface area (Å²) in [5, 5.41) is 8.53. The summed E-state index contributed by atoms with van der Waals surface area (Å²) in [7, 11) is 0. The zero-order valence-electron chi connectivity index (χ0n) is 14.7. The molecule has 0 bridgehead atoms. The van der Waals surface area contributed by atoms with E-state index < -0.39 is 0 Å². The molecule has 0 unspecified atom stereocenters. The summed E-state index contributed by atoms with van der Waals surface area (Å²) in [6.45, 7) is 0.858. The van der Waals surface area contributed by atoms with Gasteiger partial charge in [-0.25, -0.2) is 9.13 Å². The van der Waals surface area contributed by atoms with Gasteiger partial charge in [-0.05, 0) is 42.0 Å². The van der Waals surface area contributed by atoms with Crippen molar-refractivity contribution in [3.05, 3.63) is 109 Å². The lowest BCUT2D eigenvalue weighted by atomic mass is 10.2. The standard InChI is InChI=1S/C22H19N4.BrH/c1-3-7-19(8-4-1)17-25-15-16-26(18-25)22-13-11-21(12-14-22)24-23-20-9-5-2-6-10-20;/h1-16,18H,17H2;1H/q+1;/p-1. The summed E-state index contributed by atoms with van der Waals surface area (Å²) in [5.41, 5.74) is 4.06. The van der Waals surface area contributed by atoms with Gasteiger partial charge in [-0.15, -0.1) is 0 Å². The van der Waals surface area contributed by atoms with E-state index in [9.17, 15) is 0 Å². The van der Waals surface area contributed by atoms with Gasteiger partial charge in [0.2, 0.25) is 6.33 Å².